The first-order valence-corrected chi connectivity index (χ1v) is 13.2. The van der Waals surface area contributed by atoms with Gasteiger partial charge in [0.25, 0.3) is 0 Å². The molecular weight excluding hydrogens is 492 g/mol. The van der Waals surface area contributed by atoms with Gasteiger partial charge in [0.1, 0.15) is 24.4 Å². The molecule has 2 heterocycles. The monoisotopic (exact) mass is 528 g/mol. The maximum atomic E-state index is 13.2. The number of hydrogen-bond acceptors (Lipinski definition) is 9. The maximum Gasteiger partial charge on any atom is 0.338 e. The van der Waals surface area contributed by atoms with Crippen molar-refractivity contribution in [3.63, 3.8) is 0 Å². The van der Waals surface area contributed by atoms with Crippen LogP contribution in [0.4, 0.5) is 0 Å². The van der Waals surface area contributed by atoms with Gasteiger partial charge in [-0.3, -0.25) is 4.79 Å². The summed E-state index contributed by atoms with van der Waals surface area (Å²) in [6, 6.07) is 8.60. The Labute approximate surface area is 222 Å². The first-order valence-electron chi connectivity index (χ1n) is 13.2. The van der Waals surface area contributed by atoms with E-state index in [4.69, 9.17) is 18.9 Å². The Kier molecular flexibility index (Phi) is 6.48. The maximum absolute atomic E-state index is 13.2. The van der Waals surface area contributed by atoms with Gasteiger partial charge in [0, 0.05) is 31.3 Å². The molecule has 38 heavy (non-hydrogen) atoms. The van der Waals surface area contributed by atoms with Crippen LogP contribution < -0.4 is 0 Å². The third-order valence-corrected chi connectivity index (χ3v) is 9.99. The van der Waals surface area contributed by atoms with Gasteiger partial charge in [-0.1, -0.05) is 25.1 Å². The van der Waals surface area contributed by atoms with E-state index < -0.39 is 64.2 Å². The minimum Gasteiger partial charge on any atom is -0.462 e. The SMILES string of the molecule is CC(=O)O[C@@H](CC1=CC(=O)OC1)[C@]1(C)[C@H]2CC[C@@]3(C)O[C@@]3(C)[C@]2(CO)[C@@H](OC(=O)c2ccccc2)C[C@@H]1O. The number of carbonyl (C=O) groups is 3. The zero-order valence-electron chi connectivity index (χ0n) is 22.3. The van der Waals surface area contributed by atoms with E-state index in [-0.39, 0.29) is 26.1 Å². The highest BCUT2D eigenvalue weighted by Crippen LogP contribution is 2.74. The van der Waals surface area contributed by atoms with E-state index in [9.17, 15) is 24.6 Å². The molecule has 5 rings (SSSR count). The van der Waals surface area contributed by atoms with Crippen LogP contribution in [0.15, 0.2) is 42.0 Å². The van der Waals surface area contributed by atoms with Gasteiger partial charge in [-0.05, 0) is 50.3 Å². The van der Waals surface area contributed by atoms with Gasteiger partial charge in [-0.2, -0.15) is 0 Å². The minimum atomic E-state index is -1.08. The van der Waals surface area contributed by atoms with Gasteiger partial charge >= 0.3 is 17.9 Å². The van der Waals surface area contributed by atoms with E-state index in [1.807, 2.05) is 20.8 Å². The van der Waals surface area contributed by atoms with E-state index in [1.165, 1.54) is 13.0 Å². The van der Waals surface area contributed by atoms with Crippen molar-refractivity contribution in [1.82, 2.24) is 0 Å². The van der Waals surface area contributed by atoms with Gasteiger partial charge in [-0.25, -0.2) is 9.59 Å². The normalized spacial score (nSPS) is 40.2. The van der Waals surface area contributed by atoms with Crippen LogP contribution in [0.2, 0.25) is 0 Å². The molecule has 2 aliphatic carbocycles. The number of cyclic esters (lactones) is 1. The third-order valence-electron chi connectivity index (χ3n) is 9.99. The van der Waals surface area contributed by atoms with Gasteiger partial charge in [0.05, 0.1) is 29.3 Å². The first-order chi connectivity index (χ1) is 17.9. The number of aliphatic hydroxyl groups is 2. The standard InChI is InChI=1S/C29H36O9/c1-17(31)36-22(12-18-13-24(33)35-15-18)27(3)20-10-11-26(2)28(4,38-26)29(20,16-30)23(14-21(27)32)37-25(34)19-8-6-5-7-9-19/h5-9,13,20-23,30,32H,10-12,14-16H2,1-4H3/t20-,21+,22+,23+,26-,27-,28-,29+/m1/s1. The van der Waals surface area contributed by atoms with E-state index in [0.717, 1.165) is 0 Å². The van der Waals surface area contributed by atoms with E-state index in [2.05, 4.69) is 0 Å². The van der Waals surface area contributed by atoms with Gasteiger partial charge in [-0.15, -0.1) is 0 Å². The van der Waals surface area contributed by atoms with Gasteiger partial charge < -0.3 is 29.2 Å². The zero-order valence-corrected chi connectivity index (χ0v) is 22.3. The number of epoxide rings is 1. The Balaban J connectivity index is 1.58. The van der Waals surface area contributed by atoms with Gasteiger partial charge in [0.15, 0.2) is 0 Å². The van der Waals surface area contributed by atoms with Crippen LogP contribution in [0.1, 0.15) is 63.7 Å². The summed E-state index contributed by atoms with van der Waals surface area (Å²) in [6.07, 6.45) is 0.101. The predicted molar refractivity (Wildman–Crippen MR) is 134 cm³/mol. The molecule has 9 nitrogen and oxygen atoms in total. The number of rotatable bonds is 7. The lowest BCUT2D eigenvalue weighted by molar-refractivity contribution is -0.246. The van der Waals surface area contributed by atoms with Crippen LogP contribution in [0.3, 0.4) is 0 Å². The summed E-state index contributed by atoms with van der Waals surface area (Å²) in [4.78, 5) is 37.2. The lowest BCUT2D eigenvalue weighted by atomic mass is 9.43. The van der Waals surface area contributed by atoms with Crippen LogP contribution in [0.5, 0.6) is 0 Å². The second-order valence-electron chi connectivity index (χ2n) is 11.7. The Morgan fingerprint density at radius 1 is 1.18 bits per heavy atom. The second-order valence-corrected chi connectivity index (χ2v) is 11.7. The topological polar surface area (TPSA) is 132 Å². The molecule has 3 fully saturated rings. The van der Waals surface area contributed by atoms with Crippen molar-refractivity contribution in [1.29, 1.82) is 0 Å². The lowest BCUT2D eigenvalue weighted by Gasteiger charge is -2.63. The summed E-state index contributed by atoms with van der Waals surface area (Å²) in [7, 11) is 0. The molecule has 0 aromatic heterocycles. The average Bonchev–Trinajstić information content (AvgIpc) is 3.23. The molecule has 0 amide bonds. The molecule has 8 atom stereocenters. The summed E-state index contributed by atoms with van der Waals surface area (Å²) in [5.74, 6) is -1.96. The first kappa shape index (κ1) is 26.8. The Bertz CT molecular complexity index is 1160. The smallest absolute Gasteiger partial charge is 0.338 e. The van der Waals surface area contributed by atoms with Gasteiger partial charge in [0.2, 0.25) is 0 Å². The zero-order chi connectivity index (χ0) is 27.5. The molecule has 1 saturated heterocycles. The van der Waals surface area contributed by atoms with Crippen LogP contribution in [-0.4, -0.2) is 70.8 Å². The summed E-state index contributed by atoms with van der Waals surface area (Å²) < 4.78 is 23.4. The van der Waals surface area contributed by atoms with E-state index in [0.29, 0.717) is 24.0 Å². The number of aliphatic hydroxyl groups excluding tert-OH is 2. The molecule has 1 aromatic rings. The molecule has 1 aromatic carbocycles. The van der Waals surface area contributed by atoms with E-state index >= 15 is 0 Å². The Morgan fingerprint density at radius 2 is 1.89 bits per heavy atom. The summed E-state index contributed by atoms with van der Waals surface area (Å²) >= 11 is 0. The average molecular weight is 529 g/mol. The van der Waals surface area contributed by atoms with Crippen molar-refractivity contribution in [2.75, 3.05) is 13.2 Å². The molecule has 0 spiro atoms. The molecule has 2 aliphatic heterocycles. The largest absolute Gasteiger partial charge is 0.462 e. The number of hydrogen-bond donors (Lipinski definition) is 2. The summed E-state index contributed by atoms with van der Waals surface area (Å²) in [6.45, 7) is 6.84. The fourth-order valence-electron chi connectivity index (χ4n) is 7.69. The van der Waals surface area contributed by atoms with Crippen LogP contribution in [0.25, 0.3) is 0 Å². The molecule has 4 aliphatic rings. The third kappa shape index (κ3) is 3.81. The van der Waals surface area contributed by atoms with Crippen molar-refractivity contribution in [3.8, 4) is 0 Å². The highest BCUT2D eigenvalue weighted by Gasteiger charge is 2.83. The predicted octanol–water partition coefficient (Wildman–Crippen LogP) is 2.72. The molecule has 9 heteroatoms. The summed E-state index contributed by atoms with van der Waals surface area (Å²) in [5, 5.41) is 22.9. The van der Waals surface area contributed by atoms with Crippen molar-refractivity contribution in [2.24, 2.45) is 16.7 Å². The van der Waals surface area contributed by atoms with E-state index in [1.54, 1.807) is 30.3 Å². The molecule has 0 radical (unpaired) electrons. The Hall–Kier alpha value is -2.75. The number of fused-ring (bicyclic) bond motifs is 3. The highest BCUT2D eigenvalue weighted by molar-refractivity contribution is 5.89. The van der Waals surface area contributed by atoms with Crippen LogP contribution >= 0.6 is 0 Å². The van der Waals surface area contributed by atoms with Crippen molar-refractivity contribution in [2.45, 2.75) is 82.9 Å². The fraction of sp³-hybridized carbons (Fsp3) is 0.621. The number of esters is 3. The highest BCUT2D eigenvalue weighted by atomic mass is 16.6. The molecule has 206 valence electrons. The van der Waals surface area contributed by atoms with Crippen molar-refractivity contribution < 1.29 is 43.5 Å². The van der Waals surface area contributed by atoms with Crippen molar-refractivity contribution in [3.05, 3.63) is 47.5 Å². The summed E-state index contributed by atoms with van der Waals surface area (Å²) in [5.41, 5.74) is -2.46. The van der Waals surface area contributed by atoms with Crippen LogP contribution in [-0.2, 0) is 28.5 Å². The fourth-order valence-corrected chi connectivity index (χ4v) is 7.69. The molecule has 0 bridgehead atoms. The second kappa shape index (κ2) is 9.17. The number of benzene rings is 1. The number of carbonyl (C=O) groups excluding carboxylic acids is 3. The Morgan fingerprint density at radius 3 is 2.50 bits per heavy atom. The quantitative estimate of drug-likeness (QED) is 0.311. The molecule has 0 unspecified atom stereocenters. The van der Waals surface area contributed by atoms with Crippen LogP contribution in [0, 0.1) is 16.7 Å². The minimum absolute atomic E-state index is 0.0212. The number of ether oxygens (including phenoxy) is 4. The molecular formula is C29H36O9. The molecule has 2 N–H and O–H groups in total. The van der Waals surface area contributed by atoms with Crippen molar-refractivity contribution >= 4 is 17.9 Å². The molecule has 2 saturated carbocycles. The lowest BCUT2D eigenvalue weighted by Crippen LogP contribution is -2.71.